The van der Waals surface area contributed by atoms with Crippen LogP contribution in [-0.2, 0) is 10.8 Å². The van der Waals surface area contributed by atoms with E-state index in [1.807, 2.05) is 0 Å². The molecule has 0 aromatic heterocycles. The average Bonchev–Trinajstić information content (AvgIpc) is 2.44. The molecule has 0 atom stereocenters. The van der Waals surface area contributed by atoms with Crippen molar-refractivity contribution in [1.82, 2.24) is 0 Å². The predicted molar refractivity (Wildman–Crippen MR) is 101 cm³/mol. The molecule has 0 bridgehead atoms. The van der Waals surface area contributed by atoms with Crippen LogP contribution in [-0.4, -0.2) is 14.9 Å². The molecule has 0 amide bonds. The van der Waals surface area contributed by atoms with Crippen LogP contribution in [0.25, 0.3) is 0 Å². The summed E-state index contributed by atoms with van der Waals surface area (Å²) in [5.41, 5.74) is 2.92. The van der Waals surface area contributed by atoms with Crippen molar-refractivity contribution >= 4 is 8.32 Å². The zero-order chi connectivity index (χ0) is 16.6. The first-order valence-corrected chi connectivity index (χ1v) is 11.5. The molecule has 1 rings (SSSR count). The van der Waals surface area contributed by atoms with Crippen LogP contribution < -0.4 is 0 Å². The first-order valence-electron chi connectivity index (χ1n) is 8.56. The van der Waals surface area contributed by atoms with Gasteiger partial charge in [-0.1, -0.05) is 62.8 Å². The summed E-state index contributed by atoms with van der Waals surface area (Å²) in [6, 6.07) is 10.7. The van der Waals surface area contributed by atoms with Crippen LogP contribution in [0.15, 0.2) is 42.0 Å². The molecular weight excluding hydrogens is 284 g/mol. The molecule has 0 heterocycles. The van der Waals surface area contributed by atoms with Crippen molar-refractivity contribution in [3.63, 3.8) is 0 Å². The monoisotopic (exact) mass is 318 g/mol. The van der Waals surface area contributed by atoms with Gasteiger partial charge in [-0.2, -0.15) is 0 Å². The van der Waals surface area contributed by atoms with Crippen LogP contribution in [0, 0.1) is 0 Å². The van der Waals surface area contributed by atoms with E-state index in [2.05, 4.69) is 77.2 Å². The Kier molecular flexibility index (Phi) is 7.57. The van der Waals surface area contributed by atoms with Gasteiger partial charge in [0.25, 0.3) is 0 Å². The van der Waals surface area contributed by atoms with Crippen LogP contribution in [0.2, 0.25) is 18.1 Å². The fourth-order valence-corrected chi connectivity index (χ4v) is 3.15. The second-order valence-electron chi connectivity index (χ2n) is 7.79. The van der Waals surface area contributed by atoms with Gasteiger partial charge in [-0.15, -0.1) is 0 Å². The fourth-order valence-electron chi connectivity index (χ4n) is 2.06. The third kappa shape index (κ3) is 6.93. The van der Waals surface area contributed by atoms with E-state index in [-0.39, 0.29) is 0 Å². The Balaban J connectivity index is 2.23. The standard InChI is InChI=1S/C20H34OSi/c1-18(15-16-19-13-8-7-9-14-19)12-10-11-17-21-22(5,6)20(2,3)4/h7-9,12-14H,10-11,15-17H2,1-6H3/b18-12+. The van der Waals surface area contributed by atoms with Gasteiger partial charge in [-0.05, 0) is 56.3 Å². The highest BCUT2D eigenvalue weighted by atomic mass is 28.4. The van der Waals surface area contributed by atoms with Gasteiger partial charge in [0.15, 0.2) is 8.32 Å². The lowest BCUT2D eigenvalue weighted by Crippen LogP contribution is -2.40. The molecule has 0 N–H and O–H groups in total. The van der Waals surface area contributed by atoms with Gasteiger partial charge in [0.1, 0.15) is 0 Å². The van der Waals surface area contributed by atoms with Crippen molar-refractivity contribution < 1.29 is 4.43 Å². The number of benzene rings is 1. The summed E-state index contributed by atoms with van der Waals surface area (Å²) in [5, 5.41) is 0.314. The molecule has 0 unspecified atom stereocenters. The first-order chi connectivity index (χ1) is 10.2. The highest BCUT2D eigenvalue weighted by Crippen LogP contribution is 2.36. The summed E-state index contributed by atoms with van der Waals surface area (Å²) in [6.45, 7) is 14.7. The molecule has 0 saturated heterocycles. The lowest BCUT2D eigenvalue weighted by Gasteiger charge is -2.36. The van der Waals surface area contributed by atoms with Crippen LogP contribution in [0.1, 0.15) is 52.5 Å². The molecule has 0 aliphatic heterocycles. The maximum atomic E-state index is 6.21. The normalized spacial score (nSPS) is 13.5. The second-order valence-corrected chi connectivity index (χ2v) is 12.6. The fraction of sp³-hybridized carbons (Fsp3) is 0.600. The van der Waals surface area contributed by atoms with E-state index in [1.54, 1.807) is 0 Å². The third-order valence-electron chi connectivity index (χ3n) is 4.76. The highest BCUT2D eigenvalue weighted by molar-refractivity contribution is 6.74. The van der Waals surface area contributed by atoms with Gasteiger partial charge in [0.05, 0.1) is 0 Å². The van der Waals surface area contributed by atoms with Crippen molar-refractivity contribution in [2.75, 3.05) is 6.61 Å². The van der Waals surface area contributed by atoms with Gasteiger partial charge in [0, 0.05) is 6.61 Å². The Labute approximate surface area is 138 Å². The maximum Gasteiger partial charge on any atom is 0.191 e. The summed E-state index contributed by atoms with van der Waals surface area (Å²) in [7, 11) is -1.56. The molecule has 0 aliphatic carbocycles. The lowest BCUT2D eigenvalue weighted by molar-refractivity contribution is 0.283. The lowest BCUT2D eigenvalue weighted by atomic mass is 10.0. The average molecular weight is 319 g/mol. The zero-order valence-corrected chi connectivity index (χ0v) is 16.4. The summed E-state index contributed by atoms with van der Waals surface area (Å²) in [6.07, 6.45) is 6.96. The van der Waals surface area contributed by atoms with E-state index in [9.17, 15) is 0 Å². The molecule has 0 aliphatic rings. The van der Waals surface area contributed by atoms with E-state index in [0.29, 0.717) is 5.04 Å². The van der Waals surface area contributed by atoms with Crippen molar-refractivity contribution in [3.05, 3.63) is 47.5 Å². The van der Waals surface area contributed by atoms with Gasteiger partial charge < -0.3 is 4.43 Å². The summed E-state index contributed by atoms with van der Waals surface area (Å²) in [5.74, 6) is 0. The minimum atomic E-state index is -1.56. The summed E-state index contributed by atoms with van der Waals surface area (Å²) in [4.78, 5) is 0. The quantitative estimate of drug-likeness (QED) is 0.307. The van der Waals surface area contributed by atoms with Crippen LogP contribution in [0.5, 0.6) is 0 Å². The molecule has 1 nitrogen and oxygen atoms in total. The van der Waals surface area contributed by atoms with Gasteiger partial charge >= 0.3 is 0 Å². The van der Waals surface area contributed by atoms with Gasteiger partial charge in [0.2, 0.25) is 0 Å². The number of hydrogen-bond donors (Lipinski definition) is 0. The predicted octanol–water partition coefficient (Wildman–Crippen LogP) is 6.37. The Morgan fingerprint density at radius 3 is 2.36 bits per heavy atom. The summed E-state index contributed by atoms with van der Waals surface area (Å²) >= 11 is 0. The molecule has 1 aromatic rings. The zero-order valence-electron chi connectivity index (χ0n) is 15.4. The van der Waals surface area contributed by atoms with E-state index >= 15 is 0 Å². The van der Waals surface area contributed by atoms with Crippen molar-refractivity contribution in [1.29, 1.82) is 0 Å². The Bertz CT molecular complexity index is 454. The molecule has 0 fully saturated rings. The molecule has 0 saturated carbocycles. The Morgan fingerprint density at radius 1 is 1.14 bits per heavy atom. The van der Waals surface area contributed by atoms with Crippen LogP contribution in [0.4, 0.5) is 0 Å². The second kappa shape index (κ2) is 8.69. The number of allylic oxidation sites excluding steroid dienone is 2. The van der Waals surface area contributed by atoms with Crippen molar-refractivity contribution in [2.24, 2.45) is 0 Å². The minimum Gasteiger partial charge on any atom is -0.417 e. The minimum absolute atomic E-state index is 0.314. The Morgan fingerprint density at radius 2 is 1.77 bits per heavy atom. The van der Waals surface area contributed by atoms with Crippen LogP contribution in [0.3, 0.4) is 0 Å². The van der Waals surface area contributed by atoms with E-state index in [1.165, 1.54) is 11.1 Å². The smallest absolute Gasteiger partial charge is 0.191 e. The van der Waals surface area contributed by atoms with E-state index < -0.39 is 8.32 Å². The number of hydrogen-bond acceptors (Lipinski definition) is 1. The molecule has 0 spiro atoms. The molecule has 124 valence electrons. The third-order valence-corrected chi connectivity index (χ3v) is 9.30. The van der Waals surface area contributed by atoms with Crippen LogP contribution >= 0.6 is 0 Å². The Hall–Kier alpha value is -0.863. The largest absolute Gasteiger partial charge is 0.417 e. The maximum absolute atomic E-state index is 6.21. The van der Waals surface area contributed by atoms with Gasteiger partial charge in [-0.3, -0.25) is 0 Å². The molecule has 22 heavy (non-hydrogen) atoms. The number of aryl methyl sites for hydroxylation is 1. The molecular formula is C20H34OSi. The highest BCUT2D eigenvalue weighted by Gasteiger charge is 2.36. The first kappa shape index (κ1) is 19.2. The molecule has 2 heteroatoms. The van der Waals surface area contributed by atoms with Gasteiger partial charge in [-0.25, -0.2) is 0 Å². The molecule has 1 aromatic carbocycles. The number of unbranched alkanes of at least 4 members (excludes halogenated alkanes) is 1. The number of rotatable bonds is 8. The SMILES string of the molecule is C/C(=C\CCCO[Si](C)(C)C(C)(C)C)CCc1ccccc1. The van der Waals surface area contributed by atoms with Crippen molar-refractivity contribution in [2.45, 2.75) is 71.5 Å². The summed E-state index contributed by atoms with van der Waals surface area (Å²) < 4.78 is 6.21. The molecule has 0 radical (unpaired) electrons. The topological polar surface area (TPSA) is 9.23 Å². The van der Waals surface area contributed by atoms with E-state index in [0.717, 1.165) is 32.3 Å². The van der Waals surface area contributed by atoms with E-state index in [4.69, 9.17) is 4.43 Å². The van der Waals surface area contributed by atoms with Crippen molar-refractivity contribution in [3.8, 4) is 0 Å².